The van der Waals surface area contributed by atoms with Crippen molar-refractivity contribution >= 4 is 78.1 Å². The fraction of sp³-hybridized carbons (Fsp3) is 0.524. The van der Waals surface area contributed by atoms with Crippen molar-refractivity contribution in [2.75, 3.05) is 0 Å². The minimum Gasteiger partial charge on any atom is -0.292 e. The average molecular weight is 626 g/mol. The van der Waals surface area contributed by atoms with Gasteiger partial charge in [0.05, 0.1) is 26.3 Å². The van der Waals surface area contributed by atoms with Gasteiger partial charge in [-0.3, -0.25) is 9.59 Å². The van der Waals surface area contributed by atoms with Gasteiger partial charge < -0.3 is 0 Å². The number of Topliss-reactive ketones (excluding diaryl/α,β-unsaturated/α-hetero) is 2. The molecule has 0 amide bonds. The first-order valence-corrected chi connectivity index (χ1v) is 24.6. The molecule has 0 saturated heterocycles. The van der Waals surface area contributed by atoms with E-state index in [0.717, 1.165) is 46.8 Å². The lowest BCUT2D eigenvalue weighted by atomic mass is 9.79. The Labute approximate surface area is 224 Å². The van der Waals surface area contributed by atoms with Gasteiger partial charge in [-0.1, -0.05) is 51.6 Å². The molecule has 10 atom stereocenters. The summed E-state index contributed by atoms with van der Waals surface area (Å²) in [5.74, 6) is 0.969. The van der Waals surface area contributed by atoms with Crippen molar-refractivity contribution in [3.63, 3.8) is 0 Å². The van der Waals surface area contributed by atoms with Crippen molar-refractivity contribution < 1.29 is 9.59 Å². The van der Waals surface area contributed by atoms with Gasteiger partial charge in [0.15, 0.2) is 5.78 Å². The molecule has 2 aliphatic rings. The highest BCUT2D eigenvalue weighted by molar-refractivity contribution is 8.61. The number of allylic oxidation sites excluding steroid dienone is 2. The van der Waals surface area contributed by atoms with E-state index in [2.05, 4.69) is 52.8 Å². The van der Waals surface area contributed by atoms with Gasteiger partial charge in [0.25, 0.3) is 0 Å². The van der Waals surface area contributed by atoms with Crippen molar-refractivity contribution in [1.29, 1.82) is 0 Å². The molecule has 0 radical (unpaired) electrons. The zero-order valence-electron chi connectivity index (χ0n) is 21.5. The maximum absolute atomic E-state index is 12.4. The van der Waals surface area contributed by atoms with Crippen molar-refractivity contribution in [1.82, 2.24) is 19.1 Å². The van der Waals surface area contributed by atoms with E-state index in [1.165, 1.54) is 5.56 Å². The lowest BCUT2D eigenvalue weighted by molar-refractivity contribution is 0.0869. The molecule has 0 aliphatic heterocycles. The number of carbonyl (C=O) groups excluding carboxylic acids is 2. The second-order valence-corrected chi connectivity index (χ2v) is 25.9. The maximum Gasteiger partial charge on any atom is 0.207 e. The molecule has 2 heterocycles. The minimum atomic E-state index is -0.448. The van der Waals surface area contributed by atoms with Crippen LogP contribution in [0.1, 0.15) is 78.1 Å². The Morgan fingerprint density at radius 3 is 1.91 bits per heavy atom. The molecule has 10 unspecified atom stereocenters. The number of carbonyl (C=O) groups is 2. The molecular weight excluding hydrogens is 588 g/mol. The summed E-state index contributed by atoms with van der Waals surface area (Å²) in [5, 5.41) is 9.09. The highest BCUT2D eigenvalue weighted by Crippen LogP contribution is 2.67. The third-order valence-corrected chi connectivity index (χ3v) is 25.0. The zero-order chi connectivity index (χ0) is 26.6. The number of aromatic nitrogens is 4. The molecule has 0 spiro atoms. The number of aryl methyl sites for hydroxylation is 2. The van der Waals surface area contributed by atoms with E-state index >= 15 is 0 Å². The van der Waals surface area contributed by atoms with Gasteiger partial charge in [-0.15, -0.1) is 17.9 Å². The fourth-order valence-electron chi connectivity index (χ4n) is 3.98. The van der Waals surface area contributed by atoms with Crippen LogP contribution >= 0.6 is 66.5 Å². The first-order valence-electron chi connectivity index (χ1n) is 11.5. The third-order valence-electron chi connectivity index (χ3n) is 6.22. The van der Waals surface area contributed by atoms with Crippen LogP contribution in [0.15, 0.2) is 11.6 Å². The number of nitrogens with zero attached hydrogens (tertiary/aromatic N) is 4. The standard InChI is InChI=1S/C10H18N2OP4.C9H14N2OP4.C2H6/c1-5-4-8-7(3)11-12(17(15)16-14)9(8)10(13)6(5)2;1-5-3-4-7-6(2)10-11(16(14)15-13)8(7)9(5)12;1-2/h5-6,16H,4,14-15H2,1-3H3;3,15H,4,13-14H2,1-2H3;1-2H3. The van der Waals surface area contributed by atoms with E-state index in [4.69, 9.17) is 0 Å². The summed E-state index contributed by atoms with van der Waals surface area (Å²) in [6.45, 7) is 14.1. The van der Waals surface area contributed by atoms with E-state index < -0.39 is 14.9 Å². The van der Waals surface area contributed by atoms with Crippen LogP contribution in [0.2, 0.25) is 0 Å². The van der Waals surface area contributed by atoms with E-state index in [1.54, 1.807) is 0 Å². The molecule has 14 heteroatoms. The van der Waals surface area contributed by atoms with Gasteiger partial charge in [0.1, 0.15) is 11.4 Å². The number of hydrogen-bond acceptors (Lipinski definition) is 4. The molecule has 2 aliphatic carbocycles. The van der Waals surface area contributed by atoms with Gasteiger partial charge in [0, 0.05) is 17.0 Å². The summed E-state index contributed by atoms with van der Waals surface area (Å²) in [7, 11) is 11.7. The Hall–Kier alpha value is 0.940. The Balaban J connectivity index is 0.000000231. The van der Waals surface area contributed by atoms with Crippen LogP contribution in [0, 0.1) is 25.7 Å². The topological polar surface area (TPSA) is 69.8 Å². The number of fused-ring (bicyclic) bond motifs is 2. The molecule has 0 bridgehead atoms. The van der Waals surface area contributed by atoms with Crippen molar-refractivity contribution in [3.05, 3.63) is 45.6 Å². The minimum absolute atomic E-state index is 0.124. The van der Waals surface area contributed by atoms with E-state index in [-0.39, 0.29) is 17.5 Å². The Bertz CT molecular complexity index is 1110. The second kappa shape index (κ2) is 14.4. The Morgan fingerprint density at radius 1 is 0.914 bits per heavy atom. The monoisotopic (exact) mass is 626 g/mol. The fourth-order valence-corrected chi connectivity index (χ4v) is 10.0. The van der Waals surface area contributed by atoms with Gasteiger partial charge in [0.2, 0.25) is 5.78 Å². The first-order chi connectivity index (χ1) is 16.5. The third kappa shape index (κ3) is 6.93. The molecule has 6 nitrogen and oxygen atoms in total. The summed E-state index contributed by atoms with van der Waals surface area (Å²) in [6.07, 6.45) is 3.83. The van der Waals surface area contributed by atoms with Crippen molar-refractivity contribution in [2.45, 2.75) is 61.3 Å². The molecule has 0 aromatic carbocycles. The van der Waals surface area contributed by atoms with Crippen LogP contribution in [0.25, 0.3) is 0 Å². The summed E-state index contributed by atoms with van der Waals surface area (Å²) in [6, 6.07) is 0. The van der Waals surface area contributed by atoms with Gasteiger partial charge in [-0.2, -0.15) is 10.2 Å². The average Bonchev–Trinajstić information content (AvgIpc) is 3.37. The number of ketones is 2. The molecule has 2 aromatic rings. The molecule has 0 saturated carbocycles. The van der Waals surface area contributed by atoms with Crippen LogP contribution in [0.3, 0.4) is 0 Å². The zero-order valence-corrected chi connectivity index (χ0v) is 29.9. The van der Waals surface area contributed by atoms with E-state index in [9.17, 15) is 9.59 Å². The van der Waals surface area contributed by atoms with E-state index in [1.807, 2.05) is 56.5 Å². The molecule has 4 rings (SSSR count). The quantitative estimate of drug-likeness (QED) is 0.323. The summed E-state index contributed by atoms with van der Waals surface area (Å²) >= 11 is 0. The van der Waals surface area contributed by atoms with Gasteiger partial charge >= 0.3 is 0 Å². The first kappa shape index (κ1) is 32.2. The molecular formula is C21H38N4O2P8. The highest BCUT2D eigenvalue weighted by atomic mass is 32.6. The SMILES string of the molecule is CC.CC1=CCc2c(C)nn(P(P)PP)c2C1=O.Cc1nn(P(P)PP)c2c1CC(C)C(C)C2=O. The van der Waals surface area contributed by atoms with Crippen LogP contribution in [0.5, 0.6) is 0 Å². The summed E-state index contributed by atoms with van der Waals surface area (Å²) in [5.41, 5.74) is 6.84. The lowest BCUT2D eigenvalue weighted by Crippen LogP contribution is -2.28. The van der Waals surface area contributed by atoms with Gasteiger partial charge in [-0.05, 0) is 61.0 Å². The Morgan fingerprint density at radius 2 is 1.40 bits per heavy atom. The molecule has 0 N–H and O–H groups in total. The summed E-state index contributed by atoms with van der Waals surface area (Å²) < 4.78 is 3.90. The largest absolute Gasteiger partial charge is 0.292 e. The molecule has 0 fully saturated rings. The number of rotatable bonds is 4. The highest BCUT2D eigenvalue weighted by Gasteiger charge is 2.35. The lowest BCUT2D eigenvalue weighted by Gasteiger charge is -2.26. The normalized spacial score (nSPS) is 21.2. The Kier molecular flexibility index (Phi) is 13.2. The predicted molar refractivity (Wildman–Crippen MR) is 174 cm³/mol. The number of hydrogen-bond donors (Lipinski definition) is 0. The van der Waals surface area contributed by atoms with Crippen LogP contribution in [-0.4, -0.2) is 30.7 Å². The van der Waals surface area contributed by atoms with Crippen LogP contribution < -0.4 is 0 Å². The smallest absolute Gasteiger partial charge is 0.207 e. The van der Waals surface area contributed by atoms with Crippen molar-refractivity contribution in [3.8, 4) is 0 Å². The van der Waals surface area contributed by atoms with Crippen LogP contribution in [0.4, 0.5) is 0 Å². The van der Waals surface area contributed by atoms with E-state index in [0.29, 0.717) is 21.8 Å². The van der Waals surface area contributed by atoms with Crippen LogP contribution in [-0.2, 0) is 12.8 Å². The summed E-state index contributed by atoms with van der Waals surface area (Å²) in [4.78, 5) is 24.6. The molecule has 2 aromatic heterocycles. The maximum atomic E-state index is 12.4. The molecule has 35 heavy (non-hydrogen) atoms. The second-order valence-electron chi connectivity index (χ2n) is 8.31. The van der Waals surface area contributed by atoms with Crippen molar-refractivity contribution in [2.24, 2.45) is 11.8 Å². The predicted octanol–water partition coefficient (Wildman–Crippen LogP) is 7.94. The molecule has 194 valence electrons. The van der Waals surface area contributed by atoms with Gasteiger partial charge in [-0.25, -0.2) is 8.90 Å².